The highest BCUT2D eigenvalue weighted by molar-refractivity contribution is 14.0. The van der Waals surface area contributed by atoms with E-state index < -0.39 is 0 Å². The van der Waals surface area contributed by atoms with E-state index in [0.717, 1.165) is 50.1 Å². The van der Waals surface area contributed by atoms with E-state index in [-0.39, 0.29) is 24.0 Å². The highest BCUT2D eigenvalue weighted by Gasteiger charge is 2.21. The third kappa shape index (κ3) is 8.13. The molecule has 0 saturated carbocycles. The van der Waals surface area contributed by atoms with Gasteiger partial charge in [-0.05, 0) is 31.9 Å². The Labute approximate surface area is 201 Å². The maximum absolute atomic E-state index is 5.82. The summed E-state index contributed by atoms with van der Waals surface area (Å²) in [4.78, 5) is 12.4. The molecule has 0 bridgehead atoms. The van der Waals surface area contributed by atoms with E-state index >= 15 is 0 Å². The first-order valence-corrected chi connectivity index (χ1v) is 11.1. The van der Waals surface area contributed by atoms with E-state index in [1.54, 1.807) is 18.4 Å². The van der Waals surface area contributed by atoms with Crippen LogP contribution in [0.5, 0.6) is 0 Å². The van der Waals surface area contributed by atoms with E-state index in [1.165, 1.54) is 16.0 Å². The fourth-order valence-electron chi connectivity index (χ4n) is 3.65. The molecule has 2 atom stereocenters. The highest BCUT2D eigenvalue weighted by atomic mass is 127. The fraction of sp³-hybridized carbons (Fsp3) is 0.545. The van der Waals surface area contributed by atoms with Gasteiger partial charge in [-0.2, -0.15) is 0 Å². The zero-order chi connectivity index (χ0) is 20.6. The van der Waals surface area contributed by atoms with Gasteiger partial charge in [0.25, 0.3) is 0 Å². The largest absolute Gasteiger partial charge is 0.373 e. The Morgan fingerprint density at radius 3 is 2.43 bits per heavy atom. The molecular weight excluding hydrogens is 509 g/mol. The Morgan fingerprint density at radius 1 is 1.17 bits per heavy atom. The lowest BCUT2D eigenvalue weighted by Crippen LogP contribution is -2.44. The standard InChI is InChI=1S/C22H33N5OS.HI/c1-16-13-27(14-17(2)28-16)15-20-7-5-19(6-8-20)12-26-22(23-4)24-10-9-21-25-11-18(3)29-21;/h5-8,11,16-17H,9-10,12-15H2,1-4H3,(H2,23,24,26);1H. The molecule has 2 heterocycles. The predicted molar refractivity (Wildman–Crippen MR) is 136 cm³/mol. The summed E-state index contributed by atoms with van der Waals surface area (Å²) in [6.45, 7) is 10.9. The zero-order valence-electron chi connectivity index (χ0n) is 18.4. The molecule has 1 aromatic heterocycles. The van der Waals surface area contributed by atoms with E-state index in [4.69, 9.17) is 4.74 Å². The number of hydrogen-bond donors (Lipinski definition) is 2. The molecule has 1 saturated heterocycles. The van der Waals surface area contributed by atoms with Crippen molar-refractivity contribution in [2.45, 2.75) is 52.5 Å². The van der Waals surface area contributed by atoms with Crippen molar-refractivity contribution in [1.82, 2.24) is 20.5 Å². The number of nitrogens with one attached hydrogen (secondary N) is 2. The van der Waals surface area contributed by atoms with Gasteiger partial charge in [0.15, 0.2) is 5.96 Å². The van der Waals surface area contributed by atoms with E-state index in [2.05, 4.69) is 70.5 Å². The first kappa shape index (κ1) is 25.0. The Balaban J connectivity index is 0.00000320. The summed E-state index contributed by atoms with van der Waals surface area (Å²) >= 11 is 1.75. The fourth-order valence-corrected chi connectivity index (χ4v) is 4.43. The number of halogens is 1. The molecule has 30 heavy (non-hydrogen) atoms. The van der Waals surface area contributed by atoms with Crippen molar-refractivity contribution in [2.75, 3.05) is 26.7 Å². The van der Waals surface area contributed by atoms with Crippen molar-refractivity contribution >= 4 is 41.3 Å². The van der Waals surface area contributed by atoms with Gasteiger partial charge in [-0.25, -0.2) is 4.98 Å². The van der Waals surface area contributed by atoms with Crippen LogP contribution in [-0.4, -0.2) is 54.7 Å². The smallest absolute Gasteiger partial charge is 0.191 e. The summed E-state index contributed by atoms with van der Waals surface area (Å²) in [7, 11) is 1.80. The van der Waals surface area contributed by atoms with Crippen LogP contribution in [0.25, 0.3) is 0 Å². The van der Waals surface area contributed by atoms with Crippen molar-refractivity contribution in [2.24, 2.45) is 4.99 Å². The summed E-state index contributed by atoms with van der Waals surface area (Å²) in [6.07, 6.45) is 3.45. The van der Waals surface area contributed by atoms with E-state index in [0.29, 0.717) is 12.2 Å². The SMILES string of the molecule is CN=C(NCCc1ncc(C)s1)NCc1ccc(CN2CC(C)OC(C)C2)cc1.I. The minimum Gasteiger partial charge on any atom is -0.373 e. The Morgan fingerprint density at radius 2 is 1.83 bits per heavy atom. The summed E-state index contributed by atoms with van der Waals surface area (Å²) in [5.41, 5.74) is 2.59. The van der Waals surface area contributed by atoms with Crippen LogP contribution >= 0.6 is 35.3 Å². The normalized spacial score (nSPS) is 19.9. The molecule has 1 aliphatic rings. The van der Waals surface area contributed by atoms with Crippen LogP contribution in [0.3, 0.4) is 0 Å². The number of nitrogens with zero attached hydrogens (tertiary/aromatic N) is 3. The van der Waals surface area contributed by atoms with Gasteiger partial charge in [-0.3, -0.25) is 9.89 Å². The molecule has 3 rings (SSSR count). The van der Waals surface area contributed by atoms with Gasteiger partial charge in [0.2, 0.25) is 0 Å². The number of rotatable bonds is 7. The minimum atomic E-state index is 0. The number of aliphatic imine (C=N–C) groups is 1. The molecule has 1 fully saturated rings. The quantitative estimate of drug-likeness (QED) is 0.318. The Bertz CT molecular complexity index is 785. The van der Waals surface area contributed by atoms with Crippen LogP contribution in [-0.2, 0) is 24.2 Å². The third-order valence-corrected chi connectivity index (χ3v) is 5.88. The lowest BCUT2D eigenvalue weighted by molar-refractivity contribution is -0.0704. The van der Waals surface area contributed by atoms with Crippen LogP contribution in [0.15, 0.2) is 35.5 Å². The molecule has 0 amide bonds. The van der Waals surface area contributed by atoms with Crippen molar-refractivity contribution in [3.05, 3.63) is 51.5 Å². The average Bonchev–Trinajstić information content (AvgIpc) is 3.10. The van der Waals surface area contributed by atoms with Gasteiger partial charge < -0.3 is 15.4 Å². The first-order valence-electron chi connectivity index (χ1n) is 10.3. The number of aromatic nitrogens is 1. The molecule has 2 aromatic rings. The molecule has 6 nitrogen and oxygen atoms in total. The molecule has 8 heteroatoms. The predicted octanol–water partition coefficient (Wildman–Crippen LogP) is 3.59. The lowest BCUT2D eigenvalue weighted by atomic mass is 10.1. The van der Waals surface area contributed by atoms with Crippen LogP contribution in [0.4, 0.5) is 0 Å². The van der Waals surface area contributed by atoms with Crippen molar-refractivity contribution in [3.63, 3.8) is 0 Å². The van der Waals surface area contributed by atoms with Crippen LogP contribution in [0, 0.1) is 6.92 Å². The number of morpholine rings is 1. The third-order valence-electron chi connectivity index (χ3n) is 4.91. The number of benzene rings is 1. The van der Waals surface area contributed by atoms with Crippen LogP contribution < -0.4 is 10.6 Å². The zero-order valence-corrected chi connectivity index (χ0v) is 21.5. The second-order valence-electron chi connectivity index (χ2n) is 7.74. The second-order valence-corrected chi connectivity index (χ2v) is 9.05. The second kappa shape index (κ2) is 12.6. The number of aryl methyl sites for hydroxylation is 1. The van der Waals surface area contributed by atoms with Crippen molar-refractivity contribution in [3.8, 4) is 0 Å². The van der Waals surface area contributed by atoms with E-state index in [1.807, 2.05) is 6.20 Å². The maximum Gasteiger partial charge on any atom is 0.191 e. The Hall–Kier alpha value is -1.23. The molecule has 1 aromatic carbocycles. The first-order chi connectivity index (χ1) is 14.0. The topological polar surface area (TPSA) is 61.8 Å². The molecular formula is C22H34IN5OS. The number of guanidine groups is 1. The minimum absolute atomic E-state index is 0. The summed E-state index contributed by atoms with van der Waals surface area (Å²) < 4.78 is 5.82. The van der Waals surface area contributed by atoms with Gasteiger partial charge in [0, 0.05) is 57.3 Å². The highest BCUT2D eigenvalue weighted by Crippen LogP contribution is 2.15. The lowest BCUT2D eigenvalue weighted by Gasteiger charge is -2.35. The van der Waals surface area contributed by atoms with Gasteiger partial charge in [-0.15, -0.1) is 35.3 Å². The van der Waals surface area contributed by atoms with Crippen LogP contribution in [0.2, 0.25) is 0 Å². The van der Waals surface area contributed by atoms with Crippen molar-refractivity contribution in [1.29, 1.82) is 0 Å². The van der Waals surface area contributed by atoms with Gasteiger partial charge in [0.05, 0.1) is 17.2 Å². The number of hydrogen-bond acceptors (Lipinski definition) is 5. The number of ether oxygens (including phenoxy) is 1. The molecule has 2 unspecified atom stereocenters. The molecule has 0 spiro atoms. The summed E-state index contributed by atoms with van der Waals surface area (Å²) in [6, 6.07) is 8.84. The summed E-state index contributed by atoms with van der Waals surface area (Å²) in [5.74, 6) is 0.818. The summed E-state index contributed by atoms with van der Waals surface area (Å²) in [5, 5.41) is 7.90. The average molecular weight is 544 g/mol. The van der Waals surface area contributed by atoms with Gasteiger partial charge >= 0.3 is 0 Å². The molecule has 1 aliphatic heterocycles. The Kier molecular flexibility index (Phi) is 10.5. The van der Waals surface area contributed by atoms with Gasteiger partial charge in [0.1, 0.15) is 0 Å². The molecule has 0 radical (unpaired) electrons. The van der Waals surface area contributed by atoms with Crippen LogP contribution in [0.1, 0.15) is 34.9 Å². The maximum atomic E-state index is 5.82. The van der Waals surface area contributed by atoms with E-state index in [9.17, 15) is 0 Å². The molecule has 166 valence electrons. The molecule has 2 N–H and O–H groups in total. The van der Waals surface area contributed by atoms with Gasteiger partial charge in [-0.1, -0.05) is 24.3 Å². The van der Waals surface area contributed by atoms with Crippen molar-refractivity contribution < 1.29 is 4.74 Å². The monoisotopic (exact) mass is 543 g/mol. The molecule has 0 aliphatic carbocycles. The number of thiazole rings is 1.